The number of aryl methyl sites for hydroxylation is 2. The predicted molar refractivity (Wildman–Crippen MR) is 122 cm³/mol. The fourth-order valence-electron chi connectivity index (χ4n) is 3.63. The Morgan fingerprint density at radius 3 is 2.45 bits per heavy atom. The average molecular weight is 493 g/mol. The van der Waals surface area contributed by atoms with Crippen LogP contribution in [0.1, 0.15) is 23.1 Å². The van der Waals surface area contributed by atoms with Gasteiger partial charge in [-0.05, 0) is 44.2 Å². The molecule has 0 radical (unpaired) electrons. The van der Waals surface area contributed by atoms with Crippen molar-refractivity contribution in [2.24, 2.45) is 0 Å². The van der Waals surface area contributed by atoms with E-state index in [0.717, 1.165) is 0 Å². The quantitative estimate of drug-likeness (QED) is 0.501. The molecule has 0 atom stereocenters. The molecule has 12 heteroatoms. The van der Waals surface area contributed by atoms with Gasteiger partial charge in [0.25, 0.3) is 5.91 Å². The van der Waals surface area contributed by atoms with Crippen LogP contribution in [-0.4, -0.2) is 69.3 Å². The number of aromatic nitrogens is 4. The fourth-order valence-corrected chi connectivity index (χ4v) is 5.35. The van der Waals surface area contributed by atoms with Gasteiger partial charge in [0.2, 0.25) is 10.0 Å². The van der Waals surface area contributed by atoms with E-state index in [4.69, 9.17) is 16.3 Å². The Kier molecular flexibility index (Phi) is 6.73. The molecule has 33 heavy (non-hydrogen) atoms. The number of benzene rings is 1. The third kappa shape index (κ3) is 4.90. The Morgan fingerprint density at radius 2 is 1.82 bits per heavy atom. The van der Waals surface area contributed by atoms with Gasteiger partial charge in [-0.2, -0.15) is 14.5 Å². The third-order valence-electron chi connectivity index (χ3n) is 5.47. The number of carbonyl (C=O) groups excluding carboxylic acids is 1. The molecule has 3 heterocycles. The van der Waals surface area contributed by atoms with E-state index in [1.165, 1.54) is 15.2 Å². The standard InChI is InChI=1S/C21H25ClN6O4S/c1-3-26-14-20(16(2)24-26)33(30,31)27-12-10-25(11-13-27)21(29)19-8-9-23-28(19)15-32-18-6-4-17(22)5-7-18/h4-9,14H,3,10-13,15H2,1-2H3. The molecule has 10 nitrogen and oxygen atoms in total. The molecule has 0 spiro atoms. The van der Waals surface area contributed by atoms with Gasteiger partial charge in [-0.25, -0.2) is 13.1 Å². The van der Waals surface area contributed by atoms with Gasteiger partial charge in [-0.3, -0.25) is 9.48 Å². The summed E-state index contributed by atoms with van der Waals surface area (Å²) in [5.74, 6) is 0.382. The van der Waals surface area contributed by atoms with Crippen LogP contribution in [0.25, 0.3) is 0 Å². The first-order valence-corrected chi connectivity index (χ1v) is 12.3. The van der Waals surface area contributed by atoms with Gasteiger partial charge in [0.1, 0.15) is 16.3 Å². The molecule has 3 aromatic rings. The van der Waals surface area contributed by atoms with E-state index in [2.05, 4.69) is 10.2 Å². The van der Waals surface area contributed by atoms with Crippen LogP contribution in [0.3, 0.4) is 0 Å². The molecule has 1 aromatic carbocycles. The van der Waals surface area contributed by atoms with Crippen molar-refractivity contribution in [1.82, 2.24) is 28.8 Å². The van der Waals surface area contributed by atoms with Gasteiger partial charge in [-0.1, -0.05) is 11.6 Å². The zero-order valence-corrected chi connectivity index (χ0v) is 20.0. The minimum Gasteiger partial charge on any atom is -0.471 e. The minimum atomic E-state index is -3.67. The molecule has 0 aliphatic carbocycles. The molecule has 1 amide bonds. The molecule has 176 valence electrons. The Morgan fingerprint density at radius 1 is 1.12 bits per heavy atom. The number of rotatable bonds is 7. The molecule has 1 aliphatic rings. The van der Waals surface area contributed by atoms with Gasteiger partial charge < -0.3 is 9.64 Å². The second-order valence-corrected chi connectivity index (χ2v) is 9.92. The van der Waals surface area contributed by atoms with E-state index < -0.39 is 10.0 Å². The van der Waals surface area contributed by atoms with Gasteiger partial charge in [0.05, 0.1) is 5.69 Å². The Bertz CT molecular complexity index is 1230. The zero-order chi connectivity index (χ0) is 23.6. The Balaban J connectivity index is 1.39. The van der Waals surface area contributed by atoms with Crippen LogP contribution in [0, 0.1) is 6.92 Å². The monoisotopic (exact) mass is 492 g/mol. The van der Waals surface area contributed by atoms with Crippen LogP contribution in [0.2, 0.25) is 5.02 Å². The normalized spacial score (nSPS) is 15.1. The molecular formula is C21H25ClN6O4S. The largest absolute Gasteiger partial charge is 0.471 e. The van der Waals surface area contributed by atoms with Gasteiger partial charge in [0, 0.05) is 50.1 Å². The first kappa shape index (κ1) is 23.3. The summed E-state index contributed by atoms with van der Waals surface area (Å²) in [7, 11) is -3.67. The van der Waals surface area contributed by atoms with Crippen LogP contribution < -0.4 is 4.74 Å². The molecule has 4 rings (SSSR count). The summed E-state index contributed by atoms with van der Waals surface area (Å²) in [5, 5.41) is 9.02. The number of ether oxygens (including phenoxy) is 1. The maximum absolute atomic E-state index is 13.1. The van der Waals surface area contributed by atoms with Crippen molar-refractivity contribution in [2.45, 2.75) is 32.0 Å². The fraction of sp³-hybridized carbons (Fsp3) is 0.381. The SMILES string of the molecule is CCn1cc(S(=O)(=O)N2CCN(C(=O)c3ccnn3COc3ccc(Cl)cc3)CC2)c(C)n1. The zero-order valence-electron chi connectivity index (χ0n) is 18.4. The number of nitrogens with zero attached hydrogens (tertiary/aromatic N) is 6. The maximum atomic E-state index is 13.1. The van der Waals surface area contributed by atoms with Gasteiger partial charge in [-0.15, -0.1) is 0 Å². The van der Waals surface area contributed by atoms with Crippen molar-refractivity contribution >= 4 is 27.5 Å². The number of hydrogen-bond acceptors (Lipinski definition) is 6. The molecular weight excluding hydrogens is 468 g/mol. The highest BCUT2D eigenvalue weighted by molar-refractivity contribution is 7.89. The first-order valence-electron chi connectivity index (χ1n) is 10.5. The summed E-state index contributed by atoms with van der Waals surface area (Å²) >= 11 is 5.88. The highest BCUT2D eigenvalue weighted by Gasteiger charge is 2.33. The maximum Gasteiger partial charge on any atom is 0.272 e. The highest BCUT2D eigenvalue weighted by atomic mass is 35.5. The second kappa shape index (κ2) is 9.54. The molecule has 0 bridgehead atoms. The summed E-state index contributed by atoms with van der Waals surface area (Å²) in [5.41, 5.74) is 0.847. The number of carbonyl (C=O) groups is 1. The first-order chi connectivity index (χ1) is 15.8. The summed E-state index contributed by atoms with van der Waals surface area (Å²) in [4.78, 5) is 14.9. The van der Waals surface area contributed by atoms with Crippen LogP contribution in [0.5, 0.6) is 5.75 Å². The highest BCUT2D eigenvalue weighted by Crippen LogP contribution is 2.21. The van der Waals surface area contributed by atoms with Crippen LogP contribution in [0.15, 0.2) is 47.6 Å². The van der Waals surface area contributed by atoms with Crippen LogP contribution >= 0.6 is 11.6 Å². The van der Waals surface area contributed by atoms with E-state index in [0.29, 0.717) is 28.7 Å². The minimum absolute atomic E-state index is 0.0603. The van der Waals surface area contributed by atoms with E-state index in [9.17, 15) is 13.2 Å². The molecule has 1 saturated heterocycles. The van der Waals surface area contributed by atoms with E-state index in [1.807, 2.05) is 6.92 Å². The van der Waals surface area contributed by atoms with Crippen molar-refractivity contribution in [3.05, 3.63) is 59.1 Å². The van der Waals surface area contributed by atoms with Gasteiger partial charge in [0.15, 0.2) is 6.73 Å². The van der Waals surface area contributed by atoms with Crippen molar-refractivity contribution in [2.75, 3.05) is 26.2 Å². The molecule has 2 aromatic heterocycles. The molecule has 1 aliphatic heterocycles. The topological polar surface area (TPSA) is 103 Å². The molecule has 1 fully saturated rings. The van der Waals surface area contributed by atoms with Crippen molar-refractivity contribution in [3.63, 3.8) is 0 Å². The third-order valence-corrected chi connectivity index (χ3v) is 7.73. The van der Waals surface area contributed by atoms with Crippen LogP contribution in [-0.2, 0) is 23.3 Å². The predicted octanol–water partition coefficient (Wildman–Crippen LogP) is 2.24. The lowest BCUT2D eigenvalue weighted by atomic mass is 10.3. The Hall–Kier alpha value is -2.89. The summed E-state index contributed by atoms with van der Waals surface area (Å²) < 4.78 is 36.3. The van der Waals surface area contributed by atoms with E-state index in [1.54, 1.807) is 53.0 Å². The molecule has 0 unspecified atom stereocenters. The number of piperazine rings is 1. The Labute approximate surface area is 197 Å². The smallest absolute Gasteiger partial charge is 0.272 e. The summed E-state index contributed by atoms with van der Waals surface area (Å²) in [6.07, 6.45) is 3.09. The van der Waals surface area contributed by atoms with Crippen molar-refractivity contribution < 1.29 is 17.9 Å². The number of hydrogen-bond donors (Lipinski definition) is 0. The van der Waals surface area contributed by atoms with Crippen molar-refractivity contribution in [1.29, 1.82) is 0 Å². The van der Waals surface area contributed by atoms with Crippen LogP contribution in [0.4, 0.5) is 0 Å². The lowest BCUT2D eigenvalue weighted by molar-refractivity contribution is 0.0675. The van der Waals surface area contributed by atoms with E-state index >= 15 is 0 Å². The summed E-state index contributed by atoms with van der Waals surface area (Å²) in [6, 6.07) is 8.53. The molecule has 0 saturated carbocycles. The van der Waals surface area contributed by atoms with Gasteiger partial charge >= 0.3 is 0 Å². The lowest BCUT2D eigenvalue weighted by Crippen LogP contribution is -2.50. The van der Waals surface area contributed by atoms with Crippen molar-refractivity contribution in [3.8, 4) is 5.75 Å². The van der Waals surface area contributed by atoms with E-state index in [-0.39, 0.29) is 43.7 Å². The number of amides is 1. The lowest BCUT2D eigenvalue weighted by Gasteiger charge is -2.33. The second-order valence-electron chi connectivity index (χ2n) is 7.57. The number of halogens is 1. The number of sulfonamides is 1. The summed E-state index contributed by atoms with van der Waals surface area (Å²) in [6.45, 7) is 5.22. The molecule has 0 N–H and O–H groups in total. The average Bonchev–Trinajstić information content (AvgIpc) is 3.45.